The molecule has 0 bridgehead atoms. The number of thioether (sulfide) groups is 1. The van der Waals surface area contributed by atoms with Gasteiger partial charge in [0.2, 0.25) is 5.91 Å². The maximum atomic E-state index is 13.0. The minimum atomic E-state index is -4.37. The van der Waals surface area contributed by atoms with Crippen LogP contribution in [0.4, 0.5) is 18.9 Å². The largest absolute Gasteiger partial charge is 0.416 e. The number of anilines is 1. The molecule has 31 heavy (non-hydrogen) atoms. The molecule has 4 rings (SSSR count). The number of rotatable bonds is 5. The minimum absolute atomic E-state index is 0.0312. The summed E-state index contributed by atoms with van der Waals surface area (Å²) < 4.78 is 40.7. The average molecular weight is 447 g/mol. The lowest BCUT2D eigenvalue weighted by Gasteiger charge is -2.36. The number of aromatic nitrogens is 3. The number of hydrogen-bond acceptors (Lipinski definition) is 5. The Morgan fingerprint density at radius 3 is 2.39 bits per heavy atom. The summed E-state index contributed by atoms with van der Waals surface area (Å²) in [6, 6.07) is 14.9. The third-order valence-electron chi connectivity index (χ3n) is 5.05. The molecule has 6 nitrogen and oxygen atoms in total. The highest BCUT2D eigenvalue weighted by molar-refractivity contribution is 7.99. The number of para-hydroxylation sites is 1. The smallest absolute Gasteiger partial charge is 0.368 e. The van der Waals surface area contributed by atoms with Gasteiger partial charge in [0.25, 0.3) is 0 Å². The molecule has 2 aromatic carbocycles. The van der Waals surface area contributed by atoms with E-state index in [2.05, 4.69) is 10.2 Å². The van der Waals surface area contributed by atoms with Crippen molar-refractivity contribution in [3.8, 4) is 5.69 Å². The SMILES string of the molecule is O=C(CSc1nncn1-c1ccccc1)N1CCN(c2cccc(C(F)(F)F)c2)CC1. The van der Waals surface area contributed by atoms with Gasteiger partial charge in [0.05, 0.1) is 11.3 Å². The second-order valence-corrected chi connectivity index (χ2v) is 7.97. The molecule has 1 aliphatic heterocycles. The van der Waals surface area contributed by atoms with Crippen molar-refractivity contribution in [3.05, 3.63) is 66.5 Å². The molecule has 2 heterocycles. The molecule has 0 aliphatic carbocycles. The van der Waals surface area contributed by atoms with Gasteiger partial charge in [0.1, 0.15) is 6.33 Å². The van der Waals surface area contributed by atoms with Crippen LogP contribution in [0.1, 0.15) is 5.56 Å². The Morgan fingerprint density at radius 2 is 1.68 bits per heavy atom. The molecule has 1 aliphatic rings. The van der Waals surface area contributed by atoms with Crippen molar-refractivity contribution in [2.75, 3.05) is 36.8 Å². The van der Waals surface area contributed by atoms with E-state index in [4.69, 9.17) is 0 Å². The van der Waals surface area contributed by atoms with Crippen molar-refractivity contribution in [2.24, 2.45) is 0 Å². The van der Waals surface area contributed by atoms with Gasteiger partial charge in [-0.25, -0.2) is 0 Å². The second kappa shape index (κ2) is 9.01. The lowest BCUT2D eigenvalue weighted by Crippen LogP contribution is -2.49. The van der Waals surface area contributed by atoms with E-state index < -0.39 is 11.7 Å². The zero-order chi connectivity index (χ0) is 21.8. The van der Waals surface area contributed by atoms with Crippen molar-refractivity contribution in [2.45, 2.75) is 11.3 Å². The molecule has 0 N–H and O–H groups in total. The lowest BCUT2D eigenvalue weighted by atomic mass is 10.1. The summed E-state index contributed by atoms with van der Waals surface area (Å²) in [4.78, 5) is 16.3. The van der Waals surface area contributed by atoms with Crippen LogP contribution in [0.15, 0.2) is 66.1 Å². The van der Waals surface area contributed by atoms with Crippen LogP contribution in [-0.4, -0.2) is 57.5 Å². The number of piperazine rings is 1. The number of nitrogens with zero attached hydrogens (tertiary/aromatic N) is 5. The number of carbonyl (C=O) groups excluding carboxylic acids is 1. The van der Waals surface area contributed by atoms with Gasteiger partial charge < -0.3 is 9.80 Å². The number of hydrogen-bond donors (Lipinski definition) is 0. The highest BCUT2D eigenvalue weighted by atomic mass is 32.2. The van der Waals surface area contributed by atoms with Crippen LogP contribution in [0.2, 0.25) is 0 Å². The van der Waals surface area contributed by atoms with Gasteiger partial charge in [0.15, 0.2) is 5.16 Å². The van der Waals surface area contributed by atoms with Gasteiger partial charge in [-0.2, -0.15) is 13.2 Å². The third kappa shape index (κ3) is 5.01. The molecule has 0 atom stereocenters. The first-order chi connectivity index (χ1) is 14.9. The number of carbonyl (C=O) groups is 1. The Hall–Kier alpha value is -3.01. The summed E-state index contributed by atoms with van der Waals surface area (Å²) in [5, 5.41) is 8.66. The summed E-state index contributed by atoms with van der Waals surface area (Å²) in [6.45, 7) is 1.89. The Kier molecular flexibility index (Phi) is 6.17. The highest BCUT2D eigenvalue weighted by Crippen LogP contribution is 2.32. The molecule has 1 saturated heterocycles. The van der Waals surface area contributed by atoms with Crippen LogP contribution in [0.25, 0.3) is 5.69 Å². The predicted octanol–water partition coefficient (Wildman–Crippen LogP) is 3.73. The van der Waals surface area contributed by atoms with E-state index in [0.29, 0.717) is 37.0 Å². The number of amides is 1. The van der Waals surface area contributed by atoms with Gasteiger partial charge in [0, 0.05) is 37.6 Å². The Labute approximate surface area is 181 Å². The number of alkyl halides is 3. The molecule has 0 saturated carbocycles. The fourth-order valence-electron chi connectivity index (χ4n) is 3.40. The fourth-order valence-corrected chi connectivity index (χ4v) is 4.23. The monoisotopic (exact) mass is 447 g/mol. The fraction of sp³-hybridized carbons (Fsp3) is 0.286. The molecule has 1 aromatic heterocycles. The van der Waals surface area contributed by atoms with Crippen molar-refractivity contribution >= 4 is 23.4 Å². The molecule has 3 aromatic rings. The second-order valence-electron chi connectivity index (χ2n) is 7.02. The molecular weight excluding hydrogens is 427 g/mol. The van der Waals surface area contributed by atoms with E-state index >= 15 is 0 Å². The molecule has 1 fully saturated rings. The summed E-state index contributed by atoms with van der Waals surface area (Å²) in [5.41, 5.74) is 0.770. The first-order valence-corrected chi connectivity index (χ1v) is 10.7. The molecule has 0 radical (unpaired) electrons. The van der Waals surface area contributed by atoms with E-state index in [1.165, 1.54) is 17.8 Å². The summed E-state index contributed by atoms with van der Waals surface area (Å²) >= 11 is 1.31. The van der Waals surface area contributed by atoms with Crippen LogP contribution in [0.5, 0.6) is 0 Å². The summed E-state index contributed by atoms with van der Waals surface area (Å²) in [6.07, 6.45) is -2.76. The van der Waals surface area contributed by atoms with E-state index in [-0.39, 0.29) is 11.7 Å². The topological polar surface area (TPSA) is 54.3 Å². The van der Waals surface area contributed by atoms with E-state index in [0.717, 1.165) is 17.8 Å². The number of halogens is 3. The third-order valence-corrected chi connectivity index (χ3v) is 5.97. The minimum Gasteiger partial charge on any atom is -0.368 e. The van der Waals surface area contributed by atoms with Crippen molar-refractivity contribution in [1.29, 1.82) is 0 Å². The summed E-state index contributed by atoms with van der Waals surface area (Å²) in [5.74, 6) is 0.186. The average Bonchev–Trinajstić information content (AvgIpc) is 3.26. The molecule has 0 unspecified atom stereocenters. The maximum absolute atomic E-state index is 13.0. The van der Waals surface area contributed by atoms with Gasteiger partial charge >= 0.3 is 6.18 Å². The van der Waals surface area contributed by atoms with Gasteiger partial charge in [-0.15, -0.1) is 10.2 Å². The zero-order valence-corrected chi connectivity index (χ0v) is 17.3. The number of benzene rings is 2. The van der Waals surface area contributed by atoms with Gasteiger partial charge in [-0.3, -0.25) is 9.36 Å². The van der Waals surface area contributed by atoms with Gasteiger partial charge in [-0.05, 0) is 30.3 Å². The molecule has 1 amide bonds. The lowest BCUT2D eigenvalue weighted by molar-refractivity contribution is -0.137. The van der Waals surface area contributed by atoms with E-state index in [1.54, 1.807) is 17.3 Å². The van der Waals surface area contributed by atoms with E-state index in [1.807, 2.05) is 39.8 Å². The van der Waals surface area contributed by atoms with Crippen LogP contribution in [-0.2, 0) is 11.0 Å². The van der Waals surface area contributed by atoms with Crippen LogP contribution in [0, 0.1) is 0 Å². The van der Waals surface area contributed by atoms with Crippen molar-refractivity contribution in [3.63, 3.8) is 0 Å². The van der Waals surface area contributed by atoms with Gasteiger partial charge in [-0.1, -0.05) is 36.0 Å². The maximum Gasteiger partial charge on any atom is 0.416 e. The normalized spacial score (nSPS) is 14.7. The van der Waals surface area contributed by atoms with E-state index in [9.17, 15) is 18.0 Å². The Morgan fingerprint density at radius 1 is 0.968 bits per heavy atom. The molecule has 0 spiro atoms. The van der Waals surface area contributed by atoms with Crippen LogP contribution < -0.4 is 4.90 Å². The van der Waals surface area contributed by atoms with Crippen LogP contribution in [0.3, 0.4) is 0 Å². The Balaban J connectivity index is 1.32. The van der Waals surface area contributed by atoms with Crippen molar-refractivity contribution < 1.29 is 18.0 Å². The standard InChI is InChI=1S/C21H20F3N5OS/c22-21(23,24)16-5-4-8-18(13-16)27-9-11-28(12-10-27)19(30)14-31-20-26-25-15-29(20)17-6-2-1-3-7-17/h1-8,13,15H,9-12,14H2. The van der Waals surface area contributed by atoms with Crippen molar-refractivity contribution in [1.82, 2.24) is 19.7 Å². The molecule has 10 heteroatoms. The molecule has 162 valence electrons. The predicted molar refractivity (Wildman–Crippen MR) is 112 cm³/mol. The summed E-state index contributed by atoms with van der Waals surface area (Å²) in [7, 11) is 0. The first-order valence-electron chi connectivity index (χ1n) is 9.70. The van der Waals surface area contributed by atoms with Crippen LogP contribution >= 0.6 is 11.8 Å². The highest BCUT2D eigenvalue weighted by Gasteiger charge is 2.31. The quantitative estimate of drug-likeness (QED) is 0.558. The first kappa shape index (κ1) is 21.2. The molecular formula is C21H20F3N5OS. The zero-order valence-electron chi connectivity index (χ0n) is 16.5. The Bertz CT molecular complexity index is 1030.